The zero-order chi connectivity index (χ0) is 13.1. The fourth-order valence-electron chi connectivity index (χ4n) is 3.31. The highest BCUT2D eigenvalue weighted by Crippen LogP contribution is 2.40. The molecule has 1 aromatic rings. The maximum absolute atomic E-state index is 5.20. The molecule has 1 aromatic heterocycles. The molecule has 5 nitrogen and oxygen atoms in total. The largest absolute Gasteiger partial charge is 0.383 e. The quantitative estimate of drug-likeness (QED) is 0.814. The highest BCUT2D eigenvalue weighted by atomic mass is 16.5. The topological polar surface area (TPSA) is 41.5 Å². The van der Waals surface area contributed by atoms with Crippen LogP contribution in [0.1, 0.15) is 19.3 Å². The number of hydrogen-bond acceptors (Lipinski definition) is 5. The third kappa shape index (κ3) is 2.44. The third-order valence-electron chi connectivity index (χ3n) is 4.65. The highest BCUT2D eigenvalue weighted by molar-refractivity contribution is 5.36. The van der Waals surface area contributed by atoms with Crippen LogP contribution in [0.15, 0.2) is 18.6 Å². The summed E-state index contributed by atoms with van der Waals surface area (Å²) in [7, 11) is 1.78. The first kappa shape index (κ1) is 12.8. The molecule has 2 aliphatic heterocycles. The smallest absolute Gasteiger partial charge is 0.147 e. The molecule has 5 heteroatoms. The third-order valence-corrected chi connectivity index (χ3v) is 4.65. The highest BCUT2D eigenvalue weighted by Gasteiger charge is 2.45. The van der Waals surface area contributed by atoms with Crippen molar-refractivity contribution in [3.8, 4) is 0 Å². The summed E-state index contributed by atoms with van der Waals surface area (Å²) in [5.41, 5.74) is 0.442. The Labute approximate surface area is 114 Å². The molecule has 0 atom stereocenters. The fourth-order valence-corrected chi connectivity index (χ4v) is 3.31. The van der Waals surface area contributed by atoms with E-state index in [1.54, 1.807) is 19.5 Å². The van der Waals surface area contributed by atoms with E-state index in [1.165, 1.54) is 25.8 Å². The molecule has 0 aromatic carbocycles. The van der Waals surface area contributed by atoms with E-state index < -0.39 is 0 Å². The molecular formula is C14H22N4O. The number of methoxy groups -OCH3 is 1. The second-order valence-corrected chi connectivity index (χ2v) is 5.50. The zero-order valence-corrected chi connectivity index (χ0v) is 11.6. The van der Waals surface area contributed by atoms with E-state index in [4.69, 9.17) is 4.74 Å². The van der Waals surface area contributed by atoms with E-state index in [-0.39, 0.29) is 0 Å². The number of aromatic nitrogens is 2. The number of rotatable bonds is 4. The van der Waals surface area contributed by atoms with Crippen LogP contribution in [0.5, 0.6) is 0 Å². The molecule has 0 radical (unpaired) electrons. The molecule has 1 spiro atoms. The van der Waals surface area contributed by atoms with Crippen molar-refractivity contribution < 1.29 is 4.74 Å². The van der Waals surface area contributed by atoms with Gasteiger partial charge in [0.15, 0.2) is 0 Å². The van der Waals surface area contributed by atoms with Crippen molar-refractivity contribution in [2.45, 2.75) is 24.8 Å². The molecule has 19 heavy (non-hydrogen) atoms. The fraction of sp³-hybridized carbons (Fsp3) is 0.714. The van der Waals surface area contributed by atoms with Crippen molar-refractivity contribution in [1.82, 2.24) is 14.9 Å². The SMILES string of the molecule is COCCN1CCC12CCN(c1cnccn1)CC2. The minimum atomic E-state index is 0.442. The van der Waals surface area contributed by atoms with Crippen molar-refractivity contribution in [2.75, 3.05) is 44.8 Å². The molecule has 0 amide bonds. The lowest BCUT2D eigenvalue weighted by molar-refractivity contribution is -0.0453. The second kappa shape index (κ2) is 5.43. The van der Waals surface area contributed by atoms with Gasteiger partial charge in [0.2, 0.25) is 0 Å². The summed E-state index contributed by atoms with van der Waals surface area (Å²) < 4.78 is 5.20. The molecule has 2 aliphatic rings. The van der Waals surface area contributed by atoms with E-state index in [0.29, 0.717) is 5.54 Å². The summed E-state index contributed by atoms with van der Waals surface area (Å²) in [6.45, 7) is 5.32. The van der Waals surface area contributed by atoms with Gasteiger partial charge in [0.25, 0.3) is 0 Å². The van der Waals surface area contributed by atoms with E-state index >= 15 is 0 Å². The summed E-state index contributed by atoms with van der Waals surface area (Å²) in [6.07, 6.45) is 9.16. The van der Waals surface area contributed by atoms with Crippen LogP contribution in [0.25, 0.3) is 0 Å². The first-order chi connectivity index (χ1) is 9.34. The predicted molar refractivity (Wildman–Crippen MR) is 74.3 cm³/mol. The van der Waals surface area contributed by atoms with E-state index in [1.807, 2.05) is 6.20 Å². The van der Waals surface area contributed by atoms with Gasteiger partial charge >= 0.3 is 0 Å². The van der Waals surface area contributed by atoms with Gasteiger partial charge in [-0.25, -0.2) is 4.98 Å². The van der Waals surface area contributed by atoms with Gasteiger partial charge in [0.1, 0.15) is 5.82 Å². The molecule has 0 bridgehead atoms. The maximum atomic E-state index is 5.20. The van der Waals surface area contributed by atoms with Crippen molar-refractivity contribution in [1.29, 1.82) is 0 Å². The molecule has 2 saturated heterocycles. The Morgan fingerprint density at radius 1 is 1.21 bits per heavy atom. The molecule has 0 aliphatic carbocycles. The number of nitrogens with zero attached hydrogens (tertiary/aromatic N) is 4. The summed E-state index contributed by atoms with van der Waals surface area (Å²) in [5.74, 6) is 1.01. The molecular weight excluding hydrogens is 240 g/mol. The molecule has 3 heterocycles. The molecule has 2 fully saturated rings. The zero-order valence-electron chi connectivity index (χ0n) is 11.6. The van der Waals surface area contributed by atoms with E-state index in [2.05, 4.69) is 19.8 Å². The Hall–Kier alpha value is -1.20. The number of ether oxygens (including phenoxy) is 1. The van der Waals surface area contributed by atoms with Gasteiger partial charge in [0.05, 0.1) is 12.8 Å². The summed E-state index contributed by atoms with van der Waals surface area (Å²) in [6, 6.07) is 0. The lowest BCUT2D eigenvalue weighted by atomic mass is 9.76. The average molecular weight is 262 g/mol. The summed E-state index contributed by atoms with van der Waals surface area (Å²) in [4.78, 5) is 13.5. The van der Waals surface area contributed by atoms with Crippen LogP contribution in [-0.4, -0.2) is 60.3 Å². The first-order valence-corrected chi connectivity index (χ1v) is 7.09. The van der Waals surface area contributed by atoms with Crippen LogP contribution in [-0.2, 0) is 4.74 Å². The van der Waals surface area contributed by atoms with Crippen LogP contribution in [0, 0.1) is 0 Å². The number of hydrogen-bond donors (Lipinski definition) is 0. The first-order valence-electron chi connectivity index (χ1n) is 7.09. The molecule has 0 saturated carbocycles. The van der Waals surface area contributed by atoms with Crippen molar-refractivity contribution in [3.05, 3.63) is 18.6 Å². The summed E-state index contributed by atoms with van der Waals surface area (Å²) >= 11 is 0. The normalized spacial score (nSPS) is 22.5. The van der Waals surface area contributed by atoms with E-state index in [9.17, 15) is 0 Å². The molecule has 0 N–H and O–H groups in total. The molecule has 3 rings (SSSR count). The Morgan fingerprint density at radius 2 is 2.00 bits per heavy atom. The number of anilines is 1. The molecule has 0 unspecified atom stereocenters. The van der Waals surface area contributed by atoms with Crippen molar-refractivity contribution >= 4 is 5.82 Å². The predicted octanol–water partition coefficient (Wildman–Crippen LogP) is 1.17. The van der Waals surface area contributed by atoms with Crippen LogP contribution in [0.4, 0.5) is 5.82 Å². The van der Waals surface area contributed by atoms with Crippen LogP contribution in [0.2, 0.25) is 0 Å². The van der Waals surface area contributed by atoms with Gasteiger partial charge in [-0.3, -0.25) is 9.88 Å². The van der Waals surface area contributed by atoms with Crippen LogP contribution in [0.3, 0.4) is 0 Å². The Balaban J connectivity index is 1.57. The Morgan fingerprint density at radius 3 is 2.58 bits per heavy atom. The minimum absolute atomic E-state index is 0.442. The van der Waals surface area contributed by atoms with Gasteiger partial charge in [0, 0.05) is 51.2 Å². The lowest BCUT2D eigenvalue weighted by Crippen LogP contribution is -2.64. The van der Waals surface area contributed by atoms with Crippen molar-refractivity contribution in [3.63, 3.8) is 0 Å². The number of piperidine rings is 1. The standard InChI is InChI=1S/C14H22N4O/c1-19-11-10-18-9-4-14(18)2-7-17(8-3-14)13-12-15-5-6-16-13/h5-6,12H,2-4,7-11H2,1H3. The van der Waals surface area contributed by atoms with Crippen LogP contribution >= 0.6 is 0 Å². The molecule has 104 valence electrons. The monoisotopic (exact) mass is 262 g/mol. The summed E-state index contributed by atoms with van der Waals surface area (Å²) in [5, 5.41) is 0. The number of likely N-dealkylation sites (tertiary alicyclic amines) is 1. The van der Waals surface area contributed by atoms with Crippen molar-refractivity contribution in [2.24, 2.45) is 0 Å². The Kier molecular flexibility index (Phi) is 3.66. The van der Waals surface area contributed by atoms with Gasteiger partial charge in [-0.2, -0.15) is 0 Å². The van der Waals surface area contributed by atoms with Gasteiger partial charge in [-0.05, 0) is 19.3 Å². The van der Waals surface area contributed by atoms with Gasteiger partial charge in [-0.1, -0.05) is 0 Å². The minimum Gasteiger partial charge on any atom is -0.383 e. The second-order valence-electron chi connectivity index (χ2n) is 5.50. The van der Waals surface area contributed by atoms with E-state index in [0.717, 1.165) is 32.1 Å². The van der Waals surface area contributed by atoms with Gasteiger partial charge < -0.3 is 9.64 Å². The lowest BCUT2D eigenvalue weighted by Gasteiger charge is -2.56. The maximum Gasteiger partial charge on any atom is 0.147 e. The Bertz CT molecular complexity index is 403. The van der Waals surface area contributed by atoms with Crippen LogP contribution < -0.4 is 4.90 Å². The van der Waals surface area contributed by atoms with Gasteiger partial charge in [-0.15, -0.1) is 0 Å². The average Bonchev–Trinajstić information content (AvgIpc) is 2.48.